The highest BCUT2D eigenvalue weighted by Gasteiger charge is 2.12. The summed E-state index contributed by atoms with van der Waals surface area (Å²) in [5.41, 5.74) is 2.12. The molecule has 0 aromatic heterocycles. The number of carbonyl (C=O) groups is 1. The topological polar surface area (TPSA) is 75.5 Å². The van der Waals surface area contributed by atoms with Gasteiger partial charge in [-0.15, -0.1) is 0 Å². The van der Waals surface area contributed by atoms with E-state index < -0.39 is 4.92 Å². The minimum atomic E-state index is -0.481. The number of hydrogen-bond acceptors (Lipinski definition) is 4. The number of anilines is 2. The number of nitro groups is 1. The molecule has 0 aliphatic rings. The molecule has 2 aromatic carbocycles. The largest absolute Gasteiger partial charge is 0.365 e. The summed E-state index contributed by atoms with van der Waals surface area (Å²) in [5, 5.41) is 13.5. The molecule has 22 heavy (non-hydrogen) atoms. The van der Waals surface area contributed by atoms with Crippen molar-refractivity contribution in [2.24, 2.45) is 0 Å². The number of non-ortho nitro benzene ring substituents is 1. The number of aryl methyl sites for hydroxylation is 1. The summed E-state index contributed by atoms with van der Waals surface area (Å²) >= 11 is 0. The van der Waals surface area contributed by atoms with Crippen molar-refractivity contribution in [3.05, 3.63) is 64.2 Å². The molecule has 6 nitrogen and oxygen atoms in total. The van der Waals surface area contributed by atoms with Gasteiger partial charge in [0.2, 0.25) is 5.91 Å². The molecule has 0 aliphatic carbocycles. The quantitative estimate of drug-likeness (QED) is 0.680. The van der Waals surface area contributed by atoms with Crippen molar-refractivity contribution >= 4 is 23.0 Å². The highest BCUT2D eigenvalue weighted by Crippen LogP contribution is 2.22. The molecule has 0 saturated heterocycles. The Bertz CT molecular complexity index is 686. The van der Waals surface area contributed by atoms with Crippen molar-refractivity contribution in [3.8, 4) is 0 Å². The Balaban J connectivity index is 2.06. The maximum atomic E-state index is 12.1. The van der Waals surface area contributed by atoms with Gasteiger partial charge < -0.3 is 10.2 Å². The fraction of sp³-hybridized carbons (Fsp3) is 0.188. The molecule has 2 aromatic rings. The normalized spacial score (nSPS) is 10.1. The Morgan fingerprint density at radius 2 is 1.91 bits per heavy atom. The molecule has 0 bridgehead atoms. The van der Waals surface area contributed by atoms with Crippen molar-refractivity contribution < 1.29 is 9.72 Å². The Morgan fingerprint density at radius 3 is 2.55 bits per heavy atom. The molecule has 0 saturated carbocycles. The summed E-state index contributed by atoms with van der Waals surface area (Å²) in [5.74, 6) is -0.227. The van der Waals surface area contributed by atoms with Gasteiger partial charge in [-0.1, -0.05) is 24.3 Å². The van der Waals surface area contributed by atoms with Gasteiger partial charge in [0.25, 0.3) is 5.69 Å². The van der Waals surface area contributed by atoms with Crippen LogP contribution in [0.25, 0.3) is 0 Å². The van der Waals surface area contributed by atoms with Crippen LogP contribution in [0.1, 0.15) is 5.56 Å². The summed E-state index contributed by atoms with van der Waals surface area (Å²) in [4.78, 5) is 24.2. The van der Waals surface area contributed by atoms with E-state index in [-0.39, 0.29) is 18.1 Å². The number of likely N-dealkylation sites (N-methyl/N-ethyl adjacent to an activating group) is 1. The first-order valence-electron chi connectivity index (χ1n) is 6.78. The van der Waals surface area contributed by atoms with Crippen molar-refractivity contribution in [1.29, 1.82) is 0 Å². The lowest BCUT2D eigenvalue weighted by Crippen LogP contribution is -2.30. The monoisotopic (exact) mass is 299 g/mol. The van der Waals surface area contributed by atoms with E-state index >= 15 is 0 Å². The molecule has 6 heteroatoms. The fourth-order valence-corrected chi connectivity index (χ4v) is 2.04. The van der Waals surface area contributed by atoms with Crippen molar-refractivity contribution in [2.45, 2.75) is 6.92 Å². The molecular weight excluding hydrogens is 282 g/mol. The van der Waals surface area contributed by atoms with E-state index in [9.17, 15) is 14.9 Å². The van der Waals surface area contributed by atoms with Crippen LogP contribution in [-0.4, -0.2) is 24.4 Å². The van der Waals surface area contributed by atoms with Gasteiger partial charge >= 0.3 is 0 Å². The minimum absolute atomic E-state index is 0.0442. The molecule has 114 valence electrons. The predicted molar refractivity (Wildman–Crippen MR) is 86.2 cm³/mol. The summed E-state index contributed by atoms with van der Waals surface area (Å²) in [6, 6.07) is 13.9. The Kier molecular flexibility index (Phi) is 4.73. The molecule has 2 rings (SSSR count). The Morgan fingerprint density at radius 1 is 1.23 bits per heavy atom. The van der Waals surface area contributed by atoms with E-state index in [4.69, 9.17) is 0 Å². The van der Waals surface area contributed by atoms with E-state index in [0.717, 1.165) is 11.3 Å². The van der Waals surface area contributed by atoms with Crippen molar-refractivity contribution in [2.75, 3.05) is 23.8 Å². The van der Waals surface area contributed by atoms with Crippen LogP contribution in [0.5, 0.6) is 0 Å². The first kappa shape index (κ1) is 15.5. The molecule has 1 amide bonds. The first-order valence-corrected chi connectivity index (χ1v) is 6.78. The number of nitro benzene ring substituents is 1. The third-order valence-corrected chi connectivity index (χ3v) is 3.28. The van der Waals surface area contributed by atoms with Crippen LogP contribution in [-0.2, 0) is 4.79 Å². The Labute approximate surface area is 128 Å². The highest BCUT2D eigenvalue weighted by atomic mass is 16.6. The van der Waals surface area contributed by atoms with E-state index in [0.29, 0.717) is 5.69 Å². The van der Waals surface area contributed by atoms with Gasteiger partial charge in [-0.25, -0.2) is 0 Å². The zero-order valence-electron chi connectivity index (χ0n) is 12.4. The second kappa shape index (κ2) is 6.71. The second-order valence-electron chi connectivity index (χ2n) is 5.00. The molecule has 0 heterocycles. The predicted octanol–water partition coefficient (Wildman–Crippen LogP) is 2.98. The molecule has 1 N–H and O–H groups in total. The Hall–Kier alpha value is -2.89. The van der Waals surface area contributed by atoms with Crippen molar-refractivity contribution in [3.63, 3.8) is 0 Å². The van der Waals surface area contributed by atoms with Gasteiger partial charge in [0, 0.05) is 24.9 Å². The third kappa shape index (κ3) is 3.82. The SMILES string of the molecule is Cc1ccc([N+](=O)[O-])cc1NC(=O)CN(C)c1ccccc1. The summed E-state index contributed by atoms with van der Waals surface area (Å²) in [7, 11) is 1.81. The number of amides is 1. The van der Waals surface area contributed by atoms with Gasteiger partial charge in [0.05, 0.1) is 17.2 Å². The van der Waals surface area contributed by atoms with Crippen LogP contribution < -0.4 is 10.2 Å². The average Bonchev–Trinajstić information content (AvgIpc) is 2.50. The number of benzene rings is 2. The molecule has 0 spiro atoms. The molecule has 0 fully saturated rings. The lowest BCUT2D eigenvalue weighted by Gasteiger charge is -2.19. The van der Waals surface area contributed by atoms with E-state index in [2.05, 4.69) is 5.32 Å². The van der Waals surface area contributed by atoms with Crippen LogP contribution in [0.15, 0.2) is 48.5 Å². The van der Waals surface area contributed by atoms with Crippen molar-refractivity contribution in [1.82, 2.24) is 0 Å². The number of nitrogens with zero attached hydrogens (tertiary/aromatic N) is 2. The number of hydrogen-bond donors (Lipinski definition) is 1. The van der Waals surface area contributed by atoms with Gasteiger partial charge in [0.1, 0.15) is 0 Å². The standard InChI is InChI=1S/C16H17N3O3/c1-12-8-9-14(19(21)22)10-15(12)17-16(20)11-18(2)13-6-4-3-5-7-13/h3-10H,11H2,1-2H3,(H,17,20). The van der Waals surface area contributed by atoms with E-state index in [1.54, 1.807) is 13.0 Å². The maximum Gasteiger partial charge on any atom is 0.271 e. The number of carbonyl (C=O) groups excluding carboxylic acids is 1. The van der Waals surface area contributed by atoms with E-state index in [1.807, 2.05) is 42.3 Å². The lowest BCUT2D eigenvalue weighted by atomic mass is 10.2. The van der Waals surface area contributed by atoms with E-state index in [1.165, 1.54) is 12.1 Å². The molecule has 0 unspecified atom stereocenters. The smallest absolute Gasteiger partial charge is 0.271 e. The van der Waals surface area contributed by atoms with Crippen LogP contribution >= 0.6 is 0 Å². The van der Waals surface area contributed by atoms with Crippen LogP contribution in [0.3, 0.4) is 0 Å². The van der Waals surface area contributed by atoms with Gasteiger partial charge in [-0.05, 0) is 24.6 Å². The molecular formula is C16H17N3O3. The lowest BCUT2D eigenvalue weighted by molar-refractivity contribution is -0.384. The summed E-state index contributed by atoms with van der Waals surface area (Å²) in [6.07, 6.45) is 0. The van der Waals surface area contributed by atoms with Crippen LogP contribution in [0.2, 0.25) is 0 Å². The third-order valence-electron chi connectivity index (χ3n) is 3.28. The number of rotatable bonds is 5. The summed E-state index contributed by atoms with van der Waals surface area (Å²) < 4.78 is 0. The van der Waals surface area contributed by atoms with Gasteiger partial charge in [-0.2, -0.15) is 0 Å². The van der Waals surface area contributed by atoms with Crippen LogP contribution in [0.4, 0.5) is 17.1 Å². The zero-order valence-corrected chi connectivity index (χ0v) is 12.4. The van der Waals surface area contributed by atoms with Crippen LogP contribution in [0, 0.1) is 17.0 Å². The van der Waals surface area contributed by atoms with Gasteiger partial charge in [-0.3, -0.25) is 14.9 Å². The minimum Gasteiger partial charge on any atom is -0.365 e. The highest BCUT2D eigenvalue weighted by molar-refractivity contribution is 5.95. The molecule has 0 atom stereocenters. The second-order valence-corrected chi connectivity index (χ2v) is 5.00. The molecule has 0 radical (unpaired) electrons. The summed E-state index contributed by atoms with van der Waals surface area (Å²) in [6.45, 7) is 1.95. The average molecular weight is 299 g/mol. The number of para-hydroxylation sites is 1. The first-order chi connectivity index (χ1) is 10.5. The fourth-order valence-electron chi connectivity index (χ4n) is 2.04. The molecule has 0 aliphatic heterocycles. The van der Waals surface area contributed by atoms with Gasteiger partial charge in [0.15, 0.2) is 0 Å². The maximum absolute atomic E-state index is 12.1. The zero-order chi connectivity index (χ0) is 16.1. The number of nitrogens with one attached hydrogen (secondary N) is 1.